The van der Waals surface area contributed by atoms with Crippen LogP contribution < -0.4 is 11.1 Å². The number of aromatic nitrogens is 2. The first-order chi connectivity index (χ1) is 13.0. The number of aryl methyl sites for hydroxylation is 1. The number of anilines is 1. The summed E-state index contributed by atoms with van der Waals surface area (Å²) in [7, 11) is 1.51. The number of aliphatic imine (C=N–C) groups is 1. The number of amides is 1. The number of hydrogen-bond acceptors (Lipinski definition) is 5. The third kappa shape index (κ3) is 3.98. The van der Waals surface area contributed by atoms with Crippen LogP contribution in [0, 0.1) is 12.7 Å². The maximum Gasteiger partial charge on any atom is 0.274 e. The molecule has 2 aromatic heterocycles. The zero-order valence-corrected chi connectivity index (χ0v) is 14.9. The van der Waals surface area contributed by atoms with E-state index in [0.29, 0.717) is 11.3 Å². The van der Waals surface area contributed by atoms with Gasteiger partial charge in [0, 0.05) is 24.2 Å². The van der Waals surface area contributed by atoms with E-state index in [-0.39, 0.29) is 11.5 Å². The molecule has 136 valence electrons. The van der Waals surface area contributed by atoms with Gasteiger partial charge in [0.25, 0.3) is 5.91 Å². The Morgan fingerprint density at radius 3 is 2.78 bits per heavy atom. The minimum atomic E-state index is -0.398. The Bertz CT molecular complexity index is 1080. The van der Waals surface area contributed by atoms with Gasteiger partial charge in [-0.05, 0) is 55.1 Å². The van der Waals surface area contributed by atoms with Crippen molar-refractivity contribution in [3.8, 4) is 11.3 Å². The topological polar surface area (TPSA) is 93.3 Å². The van der Waals surface area contributed by atoms with E-state index in [4.69, 9.17) is 5.73 Å². The predicted octanol–water partition coefficient (Wildman–Crippen LogP) is 3.23. The van der Waals surface area contributed by atoms with Gasteiger partial charge in [0.2, 0.25) is 0 Å². The van der Waals surface area contributed by atoms with Crippen LogP contribution in [-0.4, -0.2) is 28.6 Å². The highest BCUT2D eigenvalue weighted by molar-refractivity contribution is 6.47. The van der Waals surface area contributed by atoms with Gasteiger partial charge in [-0.2, -0.15) is 0 Å². The molecule has 7 heteroatoms. The van der Waals surface area contributed by atoms with Gasteiger partial charge in [-0.25, -0.2) is 14.4 Å². The second-order valence-electron chi connectivity index (χ2n) is 5.84. The molecule has 0 saturated carbocycles. The van der Waals surface area contributed by atoms with Crippen molar-refractivity contribution in [2.24, 2.45) is 10.7 Å². The normalized spacial score (nSPS) is 11.9. The maximum atomic E-state index is 13.3. The predicted molar refractivity (Wildman–Crippen MR) is 105 cm³/mol. The molecule has 0 fully saturated rings. The van der Waals surface area contributed by atoms with Crippen LogP contribution in [0.5, 0.6) is 0 Å². The van der Waals surface area contributed by atoms with Crippen molar-refractivity contribution in [2.45, 2.75) is 6.92 Å². The number of nitrogens with one attached hydrogen (secondary N) is 1. The molecule has 27 heavy (non-hydrogen) atoms. The Kier molecular flexibility index (Phi) is 5.21. The second-order valence-corrected chi connectivity index (χ2v) is 5.84. The number of rotatable bonds is 4. The molecule has 0 atom stereocenters. The van der Waals surface area contributed by atoms with Crippen LogP contribution >= 0.6 is 0 Å². The highest BCUT2D eigenvalue weighted by atomic mass is 19.1. The van der Waals surface area contributed by atoms with Crippen molar-refractivity contribution in [3.05, 3.63) is 66.3 Å². The molecule has 0 unspecified atom stereocenters. The molecule has 3 aromatic rings. The fourth-order valence-corrected chi connectivity index (χ4v) is 2.66. The molecule has 3 N–H and O–H groups in total. The van der Waals surface area contributed by atoms with Gasteiger partial charge < -0.3 is 11.1 Å². The summed E-state index contributed by atoms with van der Waals surface area (Å²) in [6.45, 7) is 1.90. The summed E-state index contributed by atoms with van der Waals surface area (Å²) >= 11 is 0. The number of carbonyl (C=O) groups is 1. The van der Waals surface area contributed by atoms with Gasteiger partial charge >= 0.3 is 0 Å². The lowest BCUT2D eigenvalue weighted by Crippen LogP contribution is -2.22. The van der Waals surface area contributed by atoms with Crippen molar-refractivity contribution in [1.29, 1.82) is 0 Å². The Morgan fingerprint density at radius 1 is 1.26 bits per heavy atom. The molecule has 0 bridgehead atoms. The fourth-order valence-electron chi connectivity index (χ4n) is 2.66. The van der Waals surface area contributed by atoms with Gasteiger partial charge in [0.1, 0.15) is 17.3 Å². The van der Waals surface area contributed by atoms with E-state index in [9.17, 15) is 9.18 Å². The number of carbonyl (C=O) groups excluding carboxylic acids is 1. The number of pyridine rings is 2. The van der Waals surface area contributed by atoms with Crippen molar-refractivity contribution in [2.75, 3.05) is 12.4 Å². The Hall–Kier alpha value is -3.61. The van der Waals surface area contributed by atoms with Gasteiger partial charge in [0.05, 0.1) is 11.2 Å². The van der Waals surface area contributed by atoms with Crippen molar-refractivity contribution in [1.82, 2.24) is 9.97 Å². The van der Waals surface area contributed by atoms with Crippen LogP contribution in [0.15, 0.2) is 59.9 Å². The lowest BCUT2D eigenvalue weighted by molar-refractivity contribution is -0.110. The van der Waals surface area contributed by atoms with Gasteiger partial charge in [-0.1, -0.05) is 6.07 Å². The minimum absolute atomic E-state index is 0.199. The molecule has 0 aliphatic carbocycles. The number of halogens is 1. The van der Waals surface area contributed by atoms with E-state index in [1.165, 1.54) is 31.5 Å². The summed E-state index contributed by atoms with van der Waals surface area (Å²) in [5, 5.41) is 3.41. The number of nitrogens with zero attached hydrogens (tertiary/aromatic N) is 3. The molecular weight excluding hydrogens is 345 g/mol. The molecule has 0 radical (unpaired) electrons. The third-order valence-corrected chi connectivity index (χ3v) is 4.01. The highest BCUT2D eigenvalue weighted by Gasteiger charge is 2.11. The average Bonchev–Trinajstić information content (AvgIpc) is 2.65. The standard InChI is InChI=1S/C20H18FN5O/c1-12-9-19(26-20(27)18(23-2)7-8-22)24-11-15(12)17-5-3-13-10-14(21)4-6-16(13)25-17/h3-11H,22H2,1-2H3,(H,24,26,27). The molecule has 6 nitrogen and oxygen atoms in total. The largest absolute Gasteiger partial charge is 0.405 e. The first kappa shape index (κ1) is 18.2. The summed E-state index contributed by atoms with van der Waals surface area (Å²) in [5.74, 6) is -0.296. The van der Waals surface area contributed by atoms with Crippen LogP contribution in [0.25, 0.3) is 22.2 Å². The number of fused-ring (bicyclic) bond motifs is 1. The fraction of sp³-hybridized carbons (Fsp3) is 0.100. The Balaban J connectivity index is 1.89. The van der Waals surface area contributed by atoms with E-state index >= 15 is 0 Å². The molecule has 1 amide bonds. The van der Waals surface area contributed by atoms with Crippen molar-refractivity contribution in [3.63, 3.8) is 0 Å². The van der Waals surface area contributed by atoms with Crippen LogP contribution in [0.2, 0.25) is 0 Å². The molecule has 2 heterocycles. The van der Waals surface area contributed by atoms with Crippen LogP contribution in [0.3, 0.4) is 0 Å². The Labute approximate surface area is 155 Å². The SMILES string of the molecule is CN=C(C=CN)C(=O)Nc1cc(C)c(-c2ccc3cc(F)ccc3n2)cn1. The summed E-state index contributed by atoms with van der Waals surface area (Å²) in [6, 6.07) is 9.85. The zero-order chi connectivity index (χ0) is 19.4. The van der Waals surface area contributed by atoms with Crippen molar-refractivity contribution >= 4 is 28.3 Å². The molecule has 3 rings (SSSR count). The molecule has 0 aliphatic rings. The van der Waals surface area contributed by atoms with E-state index < -0.39 is 5.91 Å². The third-order valence-electron chi connectivity index (χ3n) is 4.01. The summed E-state index contributed by atoms with van der Waals surface area (Å²) in [4.78, 5) is 24.9. The van der Waals surface area contributed by atoms with E-state index in [1.54, 1.807) is 18.3 Å². The molecule has 1 aromatic carbocycles. The van der Waals surface area contributed by atoms with Gasteiger partial charge in [-0.15, -0.1) is 0 Å². The first-order valence-corrected chi connectivity index (χ1v) is 8.21. The monoisotopic (exact) mass is 363 g/mol. The van der Waals surface area contributed by atoms with Crippen LogP contribution in [0.4, 0.5) is 10.2 Å². The second kappa shape index (κ2) is 7.74. The van der Waals surface area contributed by atoms with Gasteiger partial charge in [0.15, 0.2) is 0 Å². The summed E-state index contributed by atoms with van der Waals surface area (Å²) in [6.07, 6.45) is 4.31. The highest BCUT2D eigenvalue weighted by Crippen LogP contribution is 2.25. The quantitative estimate of drug-likeness (QED) is 0.696. The van der Waals surface area contributed by atoms with Crippen molar-refractivity contribution < 1.29 is 9.18 Å². The van der Waals surface area contributed by atoms with E-state index in [0.717, 1.165) is 22.2 Å². The van der Waals surface area contributed by atoms with Gasteiger partial charge in [-0.3, -0.25) is 9.79 Å². The number of nitrogens with two attached hydrogens (primary N) is 1. The lowest BCUT2D eigenvalue weighted by atomic mass is 10.1. The smallest absolute Gasteiger partial charge is 0.274 e. The molecular formula is C20H18FN5O. The van der Waals surface area contributed by atoms with Crippen LogP contribution in [0.1, 0.15) is 5.56 Å². The lowest BCUT2D eigenvalue weighted by Gasteiger charge is -2.09. The Morgan fingerprint density at radius 2 is 2.07 bits per heavy atom. The molecule has 0 aliphatic heterocycles. The molecule has 0 spiro atoms. The zero-order valence-electron chi connectivity index (χ0n) is 14.9. The number of benzene rings is 1. The van der Waals surface area contributed by atoms with E-state index in [1.807, 2.05) is 19.1 Å². The average molecular weight is 363 g/mol. The van der Waals surface area contributed by atoms with E-state index in [2.05, 4.69) is 20.3 Å². The minimum Gasteiger partial charge on any atom is -0.405 e. The summed E-state index contributed by atoms with van der Waals surface area (Å²) < 4.78 is 13.3. The molecule has 0 saturated heterocycles. The number of hydrogen-bond donors (Lipinski definition) is 2. The first-order valence-electron chi connectivity index (χ1n) is 8.21. The summed E-state index contributed by atoms with van der Waals surface area (Å²) in [5.41, 5.74) is 8.64. The maximum absolute atomic E-state index is 13.3. The van der Waals surface area contributed by atoms with Crippen LogP contribution in [-0.2, 0) is 4.79 Å².